The zero-order valence-corrected chi connectivity index (χ0v) is 16.2. The second-order valence-electron chi connectivity index (χ2n) is 6.17. The first-order chi connectivity index (χ1) is 13.9. The Bertz CT molecular complexity index is 1050. The number of nitrogens with zero attached hydrogens (tertiary/aromatic N) is 4. The number of rotatable bonds is 7. The highest BCUT2D eigenvalue weighted by atomic mass is 32.2. The topological polar surface area (TPSA) is 61.9 Å². The van der Waals surface area contributed by atoms with E-state index in [1.54, 1.807) is 31.2 Å². The van der Waals surface area contributed by atoms with Crippen molar-refractivity contribution in [3.63, 3.8) is 0 Å². The lowest BCUT2D eigenvalue weighted by molar-refractivity contribution is -0.117. The molecule has 0 aliphatic carbocycles. The summed E-state index contributed by atoms with van der Waals surface area (Å²) in [7, 11) is 0. The fourth-order valence-corrected chi connectivity index (χ4v) is 3.86. The number of halogens is 3. The standard InChI is InChI=1S/C20H17F3N4OS/c1-13(18(28)26(12-4-11-24)15-9-7-14(21)8-10-15)29-20-25-16-5-2-3-6-17(16)27(20)19(22)23/h2-3,5-10,13,19H,4,12H2,1H3. The third-order valence-electron chi connectivity index (χ3n) is 4.24. The SMILES string of the molecule is CC(Sc1nc2ccccc2n1C(F)F)C(=O)N(CCC#N)c1ccc(F)cc1. The van der Waals surface area contributed by atoms with Crippen LogP contribution in [-0.2, 0) is 4.79 Å². The number of fused-ring (bicyclic) bond motifs is 1. The van der Waals surface area contributed by atoms with Gasteiger partial charge in [-0.05, 0) is 43.3 Å². The Morgan fingerprint density at radius 2 is 1.93 bits per heavy atom. The van der Waals surface area contributed by atoms with E-state index in [1.807, 2.05) is 6.07 Å². The Morgan fingerprint density at radius 1 is 1.24 bits per heavy atom. The fourth-order valence-electron chi connectivity index (χ4n) is 2.87. The number of alkyl halides is 2. The van der Waals surface area contributed by atoms with Gasteiger partial charge in [-0.15, -0.1) is 0 Å². The van der Waals surface area contributed by atoms with Gasteiger partial charge >= 0.3 is 6.55 Å². The number of hydrogen-bond donors (Lipinski definition) is 0. The van der Waals surface area contributed by atoms with E-state index in [-0.39, 0.29) is 29.5 Å². The lowest BCUT2D eigenvalue weighted by Gasteiger charge is -2.25. The van der Waals surface area contributed by atoms with Crippen LogP contribution in [-0.4, -0.2) is 27.3 Å². The molecule has 150 valence electrons. The molecule has 0 bridgehead atoms. The molecule has 1 atom stereocenters. The maximum Gasteiger partial charge on any atom is 0.321 e. The molecule has 3 rings (SSSR count). The normalized spacial score (nSPS) is 12.1. The zero-order chi connectivity index (χ0) is 21.0. The molecule has 1 unspecified atom stereocenters. The van der Waals surface area contributed by atoms with E-state index in [0.717, 1.165) is 16.3 Å². The molecule has 0 fully saturated rings. The molecule has 9 heteroatoms. The average Bonchev–Trinajstić information content (AvgIpc) is 3.07. The summed E-state index contributed by atoms with van der Waals surface area (Å²) in [6.45, 7) is -1.11. The van der Waals surface area contributed by atoms with Gasteiger partial charge in [0, 0.05) is 12.2 Å². The van der Waals surface area contributed by atoms with E-state index in [9.17, 15) is 18.0 Å². The Labute approximate surface area is 169 Å². The van der Waals surface area contributed by atoms with E-state index in [0.29, 0.717) is 11.2 Å². The highest BCUT2D eigenvalue weighted by Gasteiger charge is 2.26. The Balaban J connectivity index is 1.88. The number of amides is 1. The van der Waals surface area contributed by atoms with Crippen molar-refractivity contribution >= 4 is 34.4 Å². The van der Waals surface area contributed by atoms with E-state index < -0.39 is 17.6 Å². The minimum atomic E-state index is -2.81. The fraction of sp³-hybridized carbons (Fsp3) is 0.250. The monoisotopic (exact) mass is 418 g/mol. The molecule has 1 heterocycles. The van der Waals surface area contributed by atoms with Crippen molar-refractivity contribution in [2.75, 3.05) is 11.4 Å². The molecule has 2 aromatic carbocycles. The van der Waals surface area contributed by atoms with Crippen molar-refractivity contribution in [1.82, 2.24) is 9.55 Å². The number of carbonyl (C=O) groups excluding carboxylic acids is 1. The van der Waals surface area contributed by atoms with Gasteiger partial charge in [0.05, 0.1) is 28.8 Å². The molecule has 0 spiro atoms. The minimum absolute atomic E-state index is 0.0291. The minimum Gasteiger partial charge on any atom is -0.310 e. The van der Waals surface area contributed by atoms with Crippen LogP contribution in [0.3, 0.4) is 0 Å². The molecule has 0 saturated carbocycles. The van der Waals surface area contributed by atoms with Crippen molar-refractivity contribution in [1.29, 1.82) is 5.26 Å². The first-order valence-electron chi connectivity index (χ1n) is 8.78. The van der Waals surface area contributed by atoms with Crippen molar-refractivity contribution in [3.05, 3.63) is 54.3 Å². The van der Waals surface area contributed by atoms with E-state index in [1.165, 1.54) is 29.2 Å². The second kappa shape index (κ2) is 9.01. The molecule has 5 nitrogen and oxygen atoms in total. The van der Waals surface area contributed by atoms with Gasteiger partial charge in [0.15, 0.2) is 5.16 Å². The number of imidazole rings is 1. The molecule has 0 radical (unpaired) electrons. The maximum atomic E-state index is 13.6. The quantitative estimate of drug-likeness (QED) is 0.507. The Morgan fingerprint density at radius 3 is 2.59 bits per heavy atom. The number of aromatic nitrogens is 2. The van der Waals surface area contributed by atoms with Gasteiger partial charge in [0.1, 0.15) is 5.82 Å². The van der Waals surface area contributed by atoms with Crippen molar-refractivity contribution < 1.29 is 18.0 Å². The number of thioether (sulfide) groups is 1. The number of carbonyl (C=O) groups is 1. The highest BCUT2D eigenvalue weighted by molar-refractivity contribution is 8.00. The summed E-state index contributed by atoms with van der Waals surface area (Å²) < 4.78 is 41.2. The summed E-state index contributed by atoms with van der Waals surface area (Å²) in [5.41, 5.74) is 1.13. The first kappa shape index (κ1) is 20.7. The van der Waals surface area contributed by atoms with Crippen LogP contribution in [0.15, 0.2) is 53.7 Å². The van der Waals surface area contributed by atoms with Crippen molar-refractivity contribution in [3.8, 4) is 6.07 Å². The molecular weight excluding hydrogens is 401 g/mol. The summed E-state index contributed by atoms with van der Waals surface area (Å²) in [4.78, 5) is 18.6. The average molecular weight is 418 g/mol. The van der Waals surface area contributed by atoms with Gasteiger partial charge in [0.25, 0.3) is 0 Å². The van der Waals surface area contributed by atoms with Crippen molar-refractivity contribution in [2.24, 2.45) is 0 Å². The molecular formula is C20H17F3N4OS. The summed E-state index contributed by atoms with van der Waals surface area (Å²) >= 11 is 0.916. The number of para-hydroxylation sites is 2. The molecule has 0 aliphatic rings. The van der Waals surface area contributed by atoms with Crippen LogP contribution in [0.25, 0.3) is 11.0 Å². The largest absolute Gasteiger partial charge is 0.321 e. The smallest absolute Gasteiger partial charge is 0.310 e. The summed E-state index contributed by atoms with van der Waals surface area (Å²) in [6, 6.07) is 13.8. The van der Waals surface area contributed by atoms with E-state index >= 15 is 0 Å². The van der Waals surface area contributed by atoms with E-state index in [4.69, 9.17) is 5.26 Å². The molecule has 3 aromatic rings. The van der Waals surface area contributed by atoms with Crippen LogP contribution in [0, 0.1) is 17.1 Å². The predicted octanol–water partition coefficient (Wildman–Crippen LogP) is 5.00. The second-order valence-corrected chi connectivity index (χ2v) is 7.47. The summed E-state index contributed by atoms with van der Waals surface area (Å²) in [5.74, 6) is -0.834. The number of anilines is 1. The zero-order valence-electron chi connectivity index (χ0n) is 15.4. The van der Waals surface area contributed by atoms with Gasteiger partial charge in [-0.3, -0.25) is 9.36 Å². The highest BCUT2D eigenvalue weighted by Crippen LogP contribution is 2.32. The molecule has 1 aromatic heterocycles. The third-order valence-corrected chi connectivity index (χ3v) is 5.29. The van der Waals surface area contributed by atoms with Gasteiger partial charge < -0.3 is 4.90 Å². The molecule has 0 aliphatic heterocycles. The van der Waals surface area contributed by atoms with Crippen LogP contribution in [0.2, 0.25) is 0 Å². The van der Waals surface area contributed by atoms with Crippen LogP contribution in [0.1, 0.15) is 19.9 Å². The Kier molecular flexibility index (Phi) is 6.44. The predicted molar refractivity (Wildman–Crippen MR) is 105 cm³/mol. The van der Waals surface area contributed by atoms with Crippen molar-refractivity contribution in [2.45, 2.75) is 30.3 Å². The lowest BCUT2D eigenvalue weighted by Crippen LogP contribution is -2.37. The number of benzene rings is 2. The third kappa shape index (κ3) is 4.54. The number of hydrogen-bond acceptors (Lipinski definition) is 4. The number of nitriles is 1. The molecule has 0 saturated heterocycles. The van der Waals surface area contributed by atoms with Crippen LogP contribution in [0.4, 0.5) is 18.9 Å². The molecule has 29 heavy (non-hydrogen) atoms. The summed E-state index contributed by atoms with van der Waals surface area (Å²) in [6.07, 6.45) is 0.0794. The maximum absolute atomic E-state index is 13.6. The molecule has 0 N–H and O–H groups in total. The van der Waals surface area contributed by atoms with Gasteiger partial charge in [-0.25, -0.2) is 9.37 Å². The van der Waals surface area contributed by atoms with Gasteiger partial charge in [-0.1, -0.05) is 23.9 Å². The molecule has 1 amide bonds. The summed E-state index contributed by atoms with van der Waals surface area (Å²) in [5, 5.41) is 8.16. The lowest BCUT2D eigenvalue weighted by atomic mass is 10.2. The van der Waals surface area contributed by atoms with Crippen LogP contribution < -0.4 is 4.90 Å². The first-order valence-corrected chi connectivity index (χ1v) is 9.66. The Hall–Kier alpha value is -2.99. The van der Waals surface area contributed by atoms with Gasteiger partial charge in [0.2, 0.25) is 5.91 Å². The van der Waals surface area contributed by atoms with E-state index in [2.05, 4.69) is 4.98 Å². The van der Waals surface area contributed by atoms with Gasteiger partial charge in [-0.2, -0.15) is 14.0 Å². The van der Waals surface area contributed by atoms with Crippen LogP contribution >= 0.6 is 11.8 Å². The van der Waals surface area contributed by atoms with Crippen LogP contribution in [0.5, 0.6) is 0 Å².